The minimum absolute atomic E-state index is 0.0873. The first-order valence-corrected chi connectivity index (χ1v) is 6.16. The third-order valence-corrected chi connectivity index (χ3v) is 2.88. The third kappa shape index (κ3) is 3.00. The molecular weight excluding hydrogens is 244 g/mol. The van der Waals surface area contributed by atoms with Crippen molar-refractivity contribution in [3.63, 3.8) is 0 Å². The second-order valence-electron chi connectivity index (χ2n) is 4.47. The summed E-state index contributed by atoms with van der Waals surface area (Å²) in [5, 5.41) is 12.2. The smallest absolute Gasteiger partial charge is 0.256 e. The van der Waals surface area contributed by atoms with E-state index in [-0.39, 0.29) is 11.0 Å². The molecule has 0 saturated heterocycles. The van der Waals surface area contributed by atoms with Crippen LogP contribution in [0.2, 0.25) is 0 Å². The first-order chi connectivity index (χ1) is 9.09. The lowest BCUT2D eigenvalue weighted by Gasteiger charge is -2.07. The molecule has 19 heavy (non-hydrogen) atoms. The average molecular weight is 260 g/mol. The van der Waals surface area contributed by atoms with Gasteiger partial charge in [-0.25, -0.2) is 0 Å². The molecule has 0 fully saturated rings. The van der Waals surface area contributed by atoms with E-state index in [0.717, 1.165) is 0 Å². The molecule has 0 aliphatic carbocycles. The zero-order valence-electron chi connectivity index (χ0n) is 10.6. The average Bonchev–Trinajstić information content (AvgIpc) is 2.39. The van der Waals surface area contributed by atoms with Gasteiger partial charge in [0.2, 0.25) is 5.43 Å². The Bertz CT molecular complexity index is 646. The van der Waals surface area contributed by atoms with Crippen molar-refractivity contribution in [3.8, 4) is 0 Å². The predicted molar refractivity (Wildman–Crippen MR) is 73.2 cm³/mol. The van der Waals surface area contributed by atoms with Crippen molar-refractivity contribution in [1.82, 2.24) is 10.3 Å². The highest BCUT2D eigenvalue weighted by Gasteiger charge is 2.12. The van der Waals surface area contributed by atoms with Gasteiger partial charge in [0.25, 0.3) is 5.91 Å². The summed E-state index contributed by atoms with van der Waals surface area (Å²) < 4.78 is 0. The van der Waals surface area contributed by atoms with Crippen LogP contribution in [0.5, 0.6) is 0 Å². The second kappa shape index (κ2) is 5.67. The van der Waals surface area contributed by atoms with Crippen molar-refractivity contribution in [1.29, 1.82) is 0 Å². The van der Waals surface area contributed by atoms with Crippen LogP contribution < -0.4 is 10.7 Å². The topological polar surface area (TPSA) is 82.2 Å². The number of fused-ring (bicyclic) bond motifs is 1. The number of aromatic amines is 1. The van der Waals surface area contributed by atoms with Crippen molar-refractivity contribution >= 4 is 16.8 Å². The summed E-state index contributed by atoms with van der Waals surface area (Å²) >= 11 is 0. The monoisotopic (exact) mass is 260 g/mol. The van der Waals surface area contributed by atoms with E-state index in [0.29, 0.717) is 23.9 Å². The van der Waals surface area contributed by atoms with Gasteiger partial charge in [-0.05, 0) is 25.5 Å². The summed E-state index contributed by atoms with van der Waals surface area (Å²) in [6.45, 7) is 1.98. The van der Waals surface area contributed by atoms with E-state index >= 15 is 0 Å². The van der Waals surface area contributed by atoms with Crippen LogP contribution in [0.3, 0.4) is 0 Å². The van der Waals surface area contributed by atoms with Crippen LogP contribution in [0.25, 0.3) is 10.9 Å². The Morgan fingerprint density at radius 1 is 1.42 bits per heavy atom. The Balaban J connectivity index is 2.23. The van der Waals surface area contributed by atoms with Crippen molar-refractivity contribution < 1.29 is 9.90 Å². The SMILES string of the molecule is CC(O)CCNC(=O)c1c[nH]c2ccccc2c1=O. The molecule has 0 aliphatic heterocycles. The van der Waals surface area contributed by atoms with E-state index in [1.807, 2.05) is 6.07 Å². The summed E-state index contributed by atoms with van der Waals surface area (Å²) in [6.07, 6.45) is 1.40. The number of carbonyl (C=O) groups excluding carboxylic acids is 1. The molecule has 1 heterocycles. The standard InChI is InChI=1S/C14H16N2O3/c1-9(17)6-7-15-14(19)11-8-16-12-5-3-2-4-10(12)13(11)18/h2-5,8-9,17H,6-7H2,1H3,(H,15,19)(H,16,18). The Morgan fingerprint density at radius 2 is 2.16 bits per heavy atom. The van der Waals surface area contributed by atoms with Crippen LogP contribution in [0.4, 0.5) is 0 Å². The number of hydrogen-bond acceptors (Lipinski definition) is 3. The Kier molecular flexibility index (Phi) is 3.97. The van der Waals surface area contributed by atoms with E-state index < -0.39 is 12.0 Å². The number of pyridine rings is 1. The van der Waals surface area contributed by atoms with Gasteiger partial charge in [-0.2, -0.15) is 0 Å². The van der Waals surface area contributed by atoms with Crippen LogP contribution in [-0.4, -0.2) is 28.6 Å². The van der Waals surface area contributed by atoms with Gasteiger partial charge in [0.1, 0.15) is 5.56 Å². The normalized spacial score (nSPS) is 12.3. The predicted octanol–water partition coefficient (Wildman–Crippen LogP) is 1.03. The summed E-state index contributed by atoms with van der Waals surface area (Å²) in [5.74, 6) is -0.423. The number of aromatic nitrogens is 1. The molecule has 2 aromatic rings. The maximum atomic E-state index is 12.1. The zero-order valence-corrected chi connectivity index (χ0v) is 10.6. The van der Waals surface area contributed by atoms with Crippen LogP contribution in [0.1, 0.15) is 23.7 Å². The molecule has 1 aromatic heterocycles. The second-order valence-corrected chi connectivity index (χ2v) is 4.47. The third-order valence-electron chi connectivity index (χ3n) is 2.88. The Hall–Kier alpha value is -2.14. The van der Waals surface area contributed by atoms with Crippen LogP contribution in [0, 0.1) is 0 Å². The molecular formula is C14H16N2O3. The number of benzene rings is 1. The largest absolute Gasteiger partial charge is 0.393 e. The molecule has 2 rings (SSSR count). The van der Waals surface area contributed by atoms with Crippen LogP contribution >= 0.6 is 0 Å². The quantitative estimate of drug-likeness (QED) is 0.768. The fraction of sp³-hybridized carbons (Fsp3) is 0.286. The number of para-hydroxylation sites is 1. The summed E-state index contributed by atoms with van der Waals surface area (Å²) in [6, 6.07) is 7.04. The van der Waals surface area contributed by atoms with Crippen molar-refractivity contribution in [2.75, 3.05) is 6.54 Å². The molecule has 1 aromatic carbocycles. The number of nitrogens with one attached hydrogen (secondary N) is 2. The number of rotatable bonds is 4. The van der Waals surface area contributed by atoms with Gasteiger partial charge in [-0.3, -0.25) is 9.59 Å². The molecule has 100 valence electrons. The Labute approximate surface area is 110 Å². The molecule has 1 amide bonds. The highest BCUT2D eigenvalue weighted by atomic mass is 16.3. The minimum Gasteiger partial charge on any atom is -0.393 e. The molecule has 0 bridgehead atoms. The summed E-state index contributed by atoms with van der Waals surface area (Å²) in [5.41, 5.74) is 0.501. The van der Waals surface area contributed by atoms with Crippen LogP contribution in [-0.2, 0) is 0 Å². The van der Waals surface area contributed by atoms with Crippen molar-refractivity contribution in [2.24, 2.45) is 0 Å². The highest BCUT2D eigenvalue weighted by Crippen LogP contribution is 2.06. The molecule has 1 atom stereocenters. The maximum Gasteiger partial charge on any atom is 0.256 e. The van der Waals surface area contributed by atoms with Crippen molar-refractivity contribution in [3.05, 3.63) is 46.2 Å². The van der Waals surface area contributed by atoms with Gasteiger partial charge < -0.3 is 15.4 Å². The van der Waals surface area contributed by atoms with Gasteiger partial charge in [-0.15, -0.1) is 0 Å². The fourth-order valence-electron chi connectivity index (χ4n) is 1.83. The molecule has 1 unspecified atom stereocenters. The van der Waals surface area contributed by atoms with Gasteiger partial charge in [0, 0.05) is 23.6 Å². The van der Waals surface area contributed by atoms with E-state index in [1.54, 1.807) is 25.1 Å². The van der Waals surface area contributed by atoms with Gasteiger partial charge in [-0.1, -0.05) is 12.1 Å². The van der Waals surface area contributed by atoms with Gasteiger partial charge in [0.05, 0.1) is 6.10 Å². The minimum atomic E-state index is -0.477. The van der Waals surface area contributed by atoms with Crippen molar-refractivity contribution in [2.45, 2.75) is 19.4 Å². The lowest BCUT2D eigenvalue weighted by molar-refractivity contribution is 0.0944. The number of hydrogen-bond donors (Lipinski definition) is 3. The molecule has 5 heteroatoms. The van der Waals surface area contributed by atoms with E-state index in [4.69, 9.17) is 5.11 Å². The first-order valence-electron chi connectivity index (χ1n) is 6.16. The van der Waals surface area contributed by atoms with E-state index in [2.05, 4.69) is 10.3 Å². The molecule has 0 spiro atoms. The summed E-state index contributed by atoms with van der Waals surface area (Å²) in [7, 11) is 0. The Morgan fingerprint density at radius 3 is 2.89 bits per heavy atom. The lowest BCUT2D eigenvalue weighted by atomic mass is 10.1. The highest BCUT2D eigenvalue weighted by molar-refractivity contribution is 5.97. The number of amides is 1. The fourth-order valence-corrected chi connectivity index (χ4v) is 1.83. The van der Waals surface area contributed by atoms with E-state index in [1.165, 1.54) is 6.20 Å². The van der Waals surface area contributed by atoms with E-state index in [9.17, 15) is 9.59 Å². The van der Waals surface area contributed by atoms with Gasteiger partial charge >= 0.3 is 0 Å². The number of carbonyl (C=O) groups is 1. The lowest BCUT2D eigenvalue weighted by Crippen LogP contribution is -2.30. The number of H-pyrrole nitrogens is 1. The van der Waals surface area contributed by atoms with Crippen LogP contribution in [0.15, 0.2) is 35.3 Å². The zero-order chi connectivity index (χ0) is 13.8. The van der Waals surface area contributed by atoms with Gasteiger partial charge in [0.15, 0.2) is 0 Å². The molecule has 3 N–H and O–H groups in total. The number of aliphatic hydroxyl groups is 1. The number of aliphatic hydroxyl groups excluding tert-OH is 1. The molecule has 0 saturated carbocycles. The first kappa shape index (κ1) is 13.3. The summed E-state index contributed by atoms with van der Waals surface area (Å²) in [4.78, 5) is 26.9. The molecule has 0 radical (unpaired) electrons. The molecule has 0 aliphatic rings. The maximum absolute atomic E-state index is 12.1. The molecule has 5 nitrogen and oxygen atoms in total.